The van der Waals surface area contributed by atoms with Gasteiger partial charge in [0.15, 0.2) is 0 Å². The number of para-hydroxylation sites is 1. The van der Waals surface area contributed by atoms with E-state index in [2.05, 4.69) is 195 Å². The molecule has 2 heteroatoms. The van der Waals surface area contributed by atoms with E-state index in [-0.39, 0.29) is 5.41 Å². The molecular formula is C53H37NO. The van der Waals surface area contributed by atoms with Gasteiger partial charge in [-0.05, 0) is 115 Å². The Kier molecular flexibility index (Phi) is 6.93. The lowest BCUT2D eigenvalue weighted by molar-refractivity contribution is 0.660. The smallest absolute Gasteiger partial charge is 0.136 e. The van der Waals surface area contributed by atoms with Crippen molar-refractivity contribution in [2.24, 2.45) is 0 Å². The van der Waals surface area contributed by atoms with E-state index >= 15 is 0 Å². The molecule has 1 aliphatic rings. The van der Waals surface area contributed by atoms with Gasteiger partial charge in [0.1, 0.15) is 11.2 Å². The van der Waals surface area contributed by atoms with Gasteiger partial charge in [-0.25, -0.2) is 0 Å². The first-order valence-corrected chi connectivity index (χ1v) is 19.1. The number of rotatable bonds is 5. The summed E-state index contributed by atoms with van der Waals surface area (Å²) in [4.78, 5) is 2.45. The number of furan rings is 1. The van der Waals surface area contributed by atoms with Crippen molar-refractivity contribution in [1.82, 2.24) is 0 Å². The van der Waals surface area contributed by atoms with E-state index in [1.54, 1.807) is 0 Å². The largest absolute Gasteiger partial charge is 0.456 e. The molecule has 0 N–H and O–H groups in total. The third-order valence-electron chi connectivity index (χ3n) is 11.8. The molecule has 0 atom stereocenters. The molecule has 0 saturated carbocycles. The second-order valence-corrected chi connectivity index (χ2v) is 15.3. The van der Waals surface area contributed by atoms with Crippen LogP contribution < -0.4 is 4.90 Å². The lowest BCUT2D eigenvalue weighted by atomic mass is 9.82. The summed E-state index contributed by atoms with van der Waals surface area (Å²) in [7, 11) is 0. The molecule has 2 nitrogen and oxygen atoms in total. The summed E-state index contributed by atoms with van der Waals surface area (Å²) in [6, 6.07) is 68.6. The zero-order chi connectivity index (χ0) is 36.7. The first kappa shape index (κ1) is 31.6. The molecule has 1 heterocycles. The predicted octanol–water partition coefficient (Wildman–Crippen LogP) is 15.0. The molecular weight excluding hydrogens is 667 g/mol. The van der Waals surface area contributed by atoms with E-state index in [0.717, 1.165) is 33.3 Å². The minimum absolute atomic E-state index is 0.104. The summed E-state index contributed by atoms with van der Waals surface area (Å²) in [6.07, 6.45) is 0. The third kappa shape index (κ3) is 4.95. The Morgan fingerprint density at radius 3 is 2.02 bits per heavy atom. The van der Waals surface area contributed by atoms with Crippen LogP contribution in [0.4, 0.5) is 17.1 Å². The molecule has 10 aromatic rings. The third-order valence-corrected chi connectivity index (χ3v) is 11.8. The van der Waals surface area contributed by atoms with Crippen LogP contribution >= 0.6 is 0 Å². The molecule has 0 fully saturated rings. The van der Waals surface area contributed by atoms with Crippen LogP contribution in [0.2, 0.25) is 0 Å². The fourth-order valence-electron chi connectivity index (χ4n) is 9.09. The number of benzene rings is 9. The molecule has 0 spiro atoms. The van der Waals surface area contributed by atoms with Crippen molar-refractivity contribution in [3.8, 4) is 33.4 Å². The minimum Gasteiger partial charge on any atom is -0.456 e. The summed E-state index contributed by atoms with van der Waals surface area (Å²) in [6.45, 7) is 4.71. The Balaban J connectivity index is 1.06. The number of fused-ring (bicyclic) bond motifs is 8. The zero-order valence-corrected chi connectivity index (χ0v) is 30.8. The van der Waals surface area contributed by atoms with Crippen LogP contribution in [-0.4, -0.2) is 0 Å². The molecule has 9 aromatic carbocycles. The molecule has 1 aromatic heterocycles. The molecule has 260 valence electrons. The molecule has 0 bridgehead atoms. The second-order valence-electron chi connectivity index (χ2n) is 15.3. The van der Waals surface area contributed by atoms with Crippen molar-refractivity contribution in [1.29, 1.82) is 0 Å². The molecule has 11 rings (SSSR count). The quantitative estimate of drug-likeness (QED) is 0.177. The van der Waals surface area contributed by atoms with Gasteiger partial charge >= 0.3 is 0 Å². The SMILES string of the molecule is CC1(C)c2ccccc2-c2c(N(c3ccc(-c4ccc5cc6oc7ccccc7c6cc5c4)cc3)c3cccc(-c4cccc5ccccc45)c3)cccc21. The number of hydrogen-bond donors (Lipinski definition) is 0. The van der Waals surface area contributed by atoms with Crippen molar-refractivity contribution < 1.29 is 4.42 Å². The van der Waals surface area contributed by atoms with Gasteiger partial charge in [-0.1, -0.05) is 147 Å². The summed E-state index contributed by atoms with van der Waals surface area (Å²) in [5.41, 5.74) is 15.3. The first-order chi connectivity index (χ1) is 27.0. The Bertz CT molecular complexity index is 3120. The Labute approximate surface area is 320 Å². The maximum Gasteiger partial charge on any atom is 0.136 e. The normalized spacial score (nSPS) is 13.1. The van der Waals surface area contributed by atoms with Crippen LogP contribution in [0, 0.1) is 0 Å². The van der Waals surface area contributed by atoms with Gasteiger partial charge in [-0.2, -0.15) is 0 Å². The second kappa shape index (κ2) is 12.1. The van der Waals surface area contributed by atoms with Crippen molar-refractivity contribution in [3.05, 3.63) is 199 Å². The van der Waals surface area contributed by atoms with Crippen LogP contribution in [0.1, 0.15) is 25.0 Å². The lowest BCUT2D eigenvalue weighted by Crippen LogP contribution is -2.16. The average Bonchev–Trinajstić information content (AvgIpc) is 3.71. The van der Waals surface area contributed by atoms with E-state index in [1.807, 2.05) is 12.1 Å². The standard InChI is InChI=1S/C53H37NO/c1-53(2)47-20-7-5-18-45(47)52-48(53)21-11-22-49(52)54(41-15-9-14-38(31-41)43-19-10-13-35-12-3-4-16-42(35)43)40-28-26-34(27-29-40)36-24-25-37-33-51-46(32-39(37)30-36)44-17-6-8-23-50(44)55-51/h3-33H,1-2H3. The van der Waals surface area contributed by atoms with Gasteiger partial charge < -0.3 is 9.32 Å². The Hall–Kier alpha value is -6.90. The maximum atomic E-state index is 6.19. The van der Waals surface area contributed by atoms with Gasteiger partial charge in [-0.3, -0.25) is 0 Å². The topological polar surface area (TPSA) is 16.4 Å². The van der Waals surface area contributed by atoms with E-state index in [1.165, 1.54) is 71.7 Å². The highest BCUT2D eigenvalue weighted by molar-refractivity contribution is 6.10. The summed E-state index contributed by atoms with van der Waals surface area (Å²) in [5.74, 6) is 0. The van der Waals surface area contributed by atoms with Crippen LogP contribution in [-0.2, 0) is 5.41 Å². The monoisotopic (exact) mass is 703 g/mol. The van der Waals surface area contributed by atoms with E-state index in [4.69, 9.17) is 4.42 Å². The van der Waals surface area contributed by atoms with E-state index in [9.17, 15) is 0 Å². The highest BCUT2D eigenvalue weighted by atomic mass is 16.3. The highest BCUT2D eigenvalue weighted by Gasteiger charge is 2.37. The van der Waals surface area contributed by atoms with Crippen molar-refractivity contribution >= 4 is 60.5 Å². The van der Waals surface area contributed by atoms with Crippen molar-refractivity contribution in [2.75, 3.05) is 4.90 Å². The van der Waals surface area contributed by atoms with Crippen molar-refractivity contribution in [3.63, 3.8) is 0 Å². The maximum absolute atomic E-state index is 6.19. The number of nitrogens with zero attached hydrogens (tertiary/aromatic N) is 1. The van der Waals surface area contributed by atoms with Gasteiger partial charge in [0, 0.05) is 33.1 Å². The molecule has 0 aliphatic heterocycles. The summed E-state index contributed by atoms with van der Waals surface area (Å²) in [5, 5.41) is 7.17. The molecule has 0 radical (unpaired) electrons. The van der Waals surface area contributed by atoms with Gasteiger partial charge in [-0.15, -0.1) is 0 Å². The van der Waals surface area contributed by atoms with Gasteiger partial charge in [0.25, 0.3) is 0 Å². The van der Waals surface area contributed by atoms with E-state index in [0.29, 0.717) is 0 Å². The molecule has 0 amide bonds. The highest BCUT2D eigenvalue weighted by Crippen LogP contribution is 2.54. The summed E-state index contributed by atoms with van der Waals surface area (Å²) >= 11 is 0. The van der Waals surface area contributed by atoms with Crippen LogP contribution in [0.3, 0.4) is 0 Å². The van der Waals surface area contributed by atoms with Crippen LogP contribution in [0.5, 0.6) is 0 Å². The predicted molar refractivity (Wildman–Crippen MR) is 232 cm³/mol. The van der Waals surface area contributed by atoms with E-state index < -0.39 is 0 Å². The number of hydrogen-bond acceptors (Lipinski definition) is 2. The summed E-state index contributed by atoms with van der Waals surface area (Å²) < 4.78 is 6.19. The fourth-order valence-corrected chi connectivity index (χ4v) is 9.09. The molecule has 1 aliphatic carbocycles. The lowest BCUT2D eigenvalue weighted by Gasteiger charge is -2.29. The molecule has 0 saturated heterocycles. The zero-order valence-electron chi connectivity index (χ0n) is 30.8. The molecule has 55 heavy (non-hydrogen) atoms. The fraction of sp³-hybridized carbons (Fsp3) is 0.0566. The van der Waals surface area contributed by atoms with Gasteiger partial charge in [0.2, 0.25) is 0 Å². The van der Waals surface area contributed by atoms with Crippen LogP contribution in [0.25, 0.3) is 76.9 Å². The number of anilines is 3. The Morgan fingerprint density at radius 2 is 1.11 bits per heavy atom. The van der Waals surface area contributed by atoms with Crippen LogP contribution in [0.15, 0.2) is 192 Å². The first-order valence-electron chi connectivity index (χ1n) is 19.1. The Morgan fingerprint density at radius 1 is 0.400 bits per heavy atom. The van der Waals surface area contributed by atoms with Crippen molar-refractivity contribution in [2.45, 2.75) is 19.3 Å². The molecule has 0 unspecified atom stereocenters. The van der Waals surface area contributed by atoms with Gasteiger partial charge in [0.05, 0.1) is 5.69 Å². The average molecular weight is 704 g/mol. The minimum atomic E-state index is -0.104.